The molecule has 0 amide bonds. The first-order valence-electron chi connectivity index (χ1n) is 5.11. The molecule has 2 N–H and O–H groups in total. The van der Waals surface area contributed by atoms with Gasteiger partial charge in [0.1, 0.15) is 0 Å². The first-order valence-corrected chi connectivity index (χ1v) is 5.11. The fourth-order valence-electron chi connectivity index (χ4n) is 1.47. The molecule has 2 atom stereocenters. The highest BCUT2D eigenvalue weighted by molar-refractivity contribution is 4.72. The lowest BCUT2D eigenvalue weighted by atomic mass is 9.83. The smallest absolute Gasteiger partial charge is 0.0662 e. The lowest BCUT2D eigenvalue weighted by molar-refractivity contribution is 0.150. The van der Waals surface area contributed by atoms with E-state index in [0.717, 1.165) is 12.5 Å². The molecule has 1 saturated carbocycles. The minimum absolute atomic E-state index is 0.230. The van der Waals surface area contributed by atoms with Gasteiger partial charge in [0.05, 0.1) is 6.10 Å². The molecule has 2 unspecified atom stereocenters. The summed E-state index contributed by atoms with van der Waals surface area (Å²) in [5, 5.41) is 12.5. The summed E-state index contributed by atoms with van der Waals surface area (Å²) in [6.07, 6.45) is 5.33. The van der Waals surface area contributed by atoms with E-state index >= 15 is 0 Å². The van der Waals surface area contributed by atoms with Gasteiger partial charge in [0.2, 0.25) is 0 Å². The lowest BCUT2D eigenvalue weighted by Crippen LogP contribution is -2.37. The Bertz CT molecular complexity index is 121. The van der Waals surface area contributed by atoms with E-state index in [-0.39, 0.29) is 12.1 Å². The summed E-state index contributed by atoms with van der Waals surface area (Å²) in [4.78, 5) is 0. The van der Waals surface area contributed by atoms with E-state index in [2.05, 4.69) is 5.32 Å². The second-order valence-corrected chi connectivity index (χ2v) is 4.07. The van der Waals surface area contributed by atoms with Crippen LogP contribution in [0.15, 0.2) is 0 Å². The van der Waals surface area contributed by atoms with Crippen LogP contribution in [-0.2, 0) is 0 Å². The van der Waals surface area contributed by atoms with Crippen molar-refractivity contribution in [2.75, 3.05) is 6.54 Å². The summed E-state index contributed by atoms with van der Waals surface area (Å²) in [5.74, 6) is 0.971. The molecule has 0 bridgehead atoms. The van der Waals surface area contributed by atoms with Crippen molar-refractivity contribution in [2.45, 2.75) is 51.7 Å². The normalized spacial score (nSPS) is 23.2. The average molecular weight is 171 g/mol. The Morgan fingerprint density at radius 1 is 1.42 bits per heavy atom. The van der Waals surface area contributed by atoms with Crippen molar-refractivity contribution in [3.05, 3.63) is 0 Å². The molecule has 0 heterocycles. The minimum Gasteiger partial charge on any atom is -0.392 e. The van der Waals surface area contributed by atoms with Gasteiger partial charge in [0, 0.05) is 6.04 Å². The van der Waals surface area contributed by atoms with Crippen molar-refractivity contribution >= 4 is 0 Å². The third-order valence-corrected chi connectivity index (χ3v) is 2.97. The van der Waals surface area contributed by atoms with Gasteiger partial charge in [-0.15, -0.1) is 0 Å². The van der Waals surface area contributed by atoms with Crippen molar-refractivity contribution in [1.29, 1.82) is 0 Å². The summed E-state index contributed by atoms with van der Waals surface area (Å²) < 4.78 is 0. The van der Waals surface area contributed by atoms with Crippen molar-refractivity contribution in [1.82, 2.24) is 5.32 Å². The highest BCUT2D eigenvalue weighted by Gasteiger charge is 2.17. The quantitative estimate of drug-likeness (QED) is 0.657. The lowest BCUT2D eigenvalue weighted by Gasteiger charge is -2.26. The van der Waals surface area contributed by atoms with Crippen LogP contribution in [0.2, 0.25) is 0 Å². The molecule has 2 nitrogen and oxygen atoms in total. The van der Waals surface area contributed by atoms with Crippen molar-refractivity contribution in [3.63, 3.8) is 0 Å². The van der Waals surface area contributed by atoms with Crippen LogP contribution in [0.1, 0.15) is 39.5 Å². The Hall–Kier alpha value is -0.0800. The highest BCUT2D eigenvalue weighted by atomic mass is 16.3. The van der Waals surface area contributed by atoms with E-state index in [9.17, 15) is 5.11 Å². The van der Waals surface area contributed by atoms with E-state index in [1.807, 2.05) is 13.8 Å². The third kappa shape index (κ3) is 3.11. The molecule has 0 saturated heterocycles. The first kappa shape index (κ1) is 10.0. The van der Waals surface area contributed by atoms with E-state index in [4.69, 9.17) is 0 Å². The summed E-state index contributed by atoms with van der Waals surface area (Å²) in [5.41, 5.74) is 0. The van der Waals surface area contributed by atoms with Gasteiger partial charge in [-0.25, -0.2) is 0 Å². The zero-order valence-corrected chi connectivity index (χ0v) is 8.21. The van der Waals surface area contributed by atoms with Gasteiger partial charge in [-0.05, 0) is 32.7 Å². The highest BCUT2D eigenvalue weighted by Crippen LogP contribution is 2.28. The Morgan fingerprint density at radius 2 is 2.08 bits per heavy atom. The zero-order chi connectivity index (χ0) is 8.97. The van der Waals surface area contributed by atoms with E-state index in [1.165, 1.54) is 25.7 Å². The second kappa shape index (κ2) is 4.83. The van der Waals surface area contributed by atoms with Crippen LogP contribution in [0.3, 0.4) is 0 Å². The average Bonchev–Trinajstić information content (AvgIpc) is 1.93. The van der Waals surface area contributed by atoms with Crippen LogP contribution < -0.4 is 5.32 Å². The standard InChI is InChI=1S/C10H21NO/c1-8(9(2)12)11-7-6-10-4-3-5-10/h8-12H,3-7H2,1-2H3. The molecule has 12 heavy (non-hydrogen) atoms. The van der Waals surface area contributed by atoms with E-state index < -0.39 is 0 Å². The molecular weight excluding hydrogens is 150 g/mol. The molecular formula is C10H21NO. The van der Waals surface area contributed by atoms with Crippen LogP contribution in [0.25, 0.3) is 0 Å². The number of hydrogen-bond acceptors (Lipinski definition) is 2. The molecule has 1 fully saturated rings. The first-order chi connectivity index (χ1) is 5.70. The third-order valence-electron chi connectivity index (χ3n) is 2.97. The Balaban J connectivity index is 1.93. The zero-order valence-electron chi connectivity index (χ0n) is 8.21. The van der Waals surface area contributed by atoms with Gasteiger partial charge in [-0.3, -0.25) is 0 Å². The second-order valence-electron chi connectivity index (χ2n) is 4.07. The topological polar surface area (TPSA) is 32.3 Å². The van der Waals surface area contributed by atoms with E-state index in [1.54, 1.807) is 0 Å². The largest absolute Gasteiger partial charge is 0.392 e. The van der Waals surface area contributed by atoms with Gasteiger partial charge in [0.15, 0.2) is 0 Å². The minimum atomic E-state index is -0.230. The summed E-state index contributed by atoms with van der Waals surface area (Å²) in [6.45, 7) is 4.93. The molecule has 1 rings (SSSR count). The summed E-state index contributed by atoms with van der Waals surface area (Å²) in [7, 11) is 0. The molecule has 1 aliphatic carbocycles. The maximum Gasteiger partial charge on any atom is 0.0662 e. The molecule has 0 spiro atoms. The van der Waals surface area contributed by atoms with Crippen LogP contribution in [0.5, 0.6) is 0 Å². The Labute approximate surface area is 75.4 Å². The molecule has 0 aromatic rings. The van der Waals surface area contributed by atoms with Gasteiger partial charge in [-0.2, -0.15) is 0 Å². The van der Waals surface area contributed by atoms with Crippen molar-refractivity contribution in [2.24, 2.45) is 5.92 Å². The number of nitrogens with one attached hydrogen (secondary N) is 1. The molecule has 1 aliphatic rings. The van der Waals surface area contributed by atoms with Gasteiger partial charge >= 0.3 is 0 Å². The maximum absolute atomic E-state index is 9.19. The van der Waals surface area contributed by atoms with Crippen LogP contribution >= 0.6 is 0 Å². The van der Waals surface area contributed by atoms with Crippen LogP contribution in [-0.4, -0.2) is 23.8 Å². The Morgan fingerprint density at radius 3 is 2.50 bits per heavy atom. The monoisotopic (exact) mass is 171 g/mol. The molecule has 0 aliphatic heterocycles. The Kier molecular flexibility index (Phi) is 4.02. The van der Waals surface area contributed by atoms with E-state index in [0.29, 0.717) is 0 Å². The predicted molar refractivity (Wildman–Crippen MR) is 51.1 cm³/mol. The van der Waals surface area contributed by atoms with Gasteiger partial charge < -0.3 is 10.4 Å². The van der Waals surface area contributed by atoms with Gasteiger partial charge in [0.25, 0.3) is 0 Å². The molecule has 2 heteroatoms. The van der Waals surface area contributed by atoms with Gasteiger partial charge in [-0.1, -0.05) is 19.3 Å². The number of rotatable bonds is 5. The van der Waals surface area contributed by atoms with Crippen molar-refractivity contribution in [3.8, 4) is 0 Å². The summed E-state index contributed by atoms with van der Waals surface area (Å²) >= 11 is 0. The number of aliphatic hydroxyl groups excluding tert-OH is 1. The maximum atomic E-state index is 9.19. The number of aliphatic hydroxyl groups is 1. The fourth-order valence-corrected chi connectivity index (χ4v) is 1.47. The van der Waals surface area contributed by atoms with Crippen LogP contribution in [0.4, 0.5) is 0 Å². The molecule has 0 aromatic heterocycles. The predicted octanol–water partition coefficient (Wildman–Crippen LogP) is 1.54. The molecule has 0 radical (unpaired) electrons. The number of hydrogen-bond donors (Lipinski definition) is 2. The van der Waals surface area contributed by atoms with Crippen molar-refractivity contribution < 1.29 is 5.11 Å². The fraction of sp³-hybridized carbons (Fsp3) is 1.00. The SMILES string of the molecule is CC(O)C(C)NCCC1CCC1. The molecule has 72 valence electrons. The molecule has 0 aromatic carbocycles. The summed E-state index contributed by atoms with van der Waals surface area (Å²) in [6, 6.07) is 0.241. The van der Waals surface area contributed by atoms with Crippen LogP contribution in [0, 0.1) is 5.92 Å².